The number of rotatable bonds is 5. The van der Waals surface area contributed by atoms with Gasteiger partial charge in [0.2, 0.25) is 0 Å². The number of hydrogen-bond acceptors (Lipinski definition) is 5. The Kier molecular flexibility index (Phi) is 5.36. The highest BCUT2D eigenvalue weighted by Crippen LogP contribution is 2.40. The van der Waals surface area contributed by atoms with Crippen LogP contribution in [-0.4, -0.2) is 25.4 Å². The van der Waals surface area contributed by atoms with Gasteiger partial charge < -0.3 is 23.3 Å². The molecule has 0 fully saturated rings. The number of methoxy groups -OCH3 is 2. The second-order valence-corrected chi connectivity index (χ2v) is 8.72. The van der Waals surface area contributed by atoms with E-state index >= 15 is 0 Å². The molecule has 1 aliphatic carbocycles. The number of benzene rings is 1. The van der Waals surface area contributed by atoms with E-state index in [1.807, 2.05) is 30.4 Å². The molecule has 6 nitrogen and oxygen atoms in total. The molecule has 1 unspecified atom stereocenters. The van der Waals surface area contributed by atoms with Crippen molar-refractivity contribution in [1.29, 1.82) is 0 Å². The third kappa shape index (κ3) is 4.16. The molecule has 6 rings (SSSR count). The van der Waals surface area contributed by atoms with Gasteiger partial charge in [0.05, 0.1) is 31.1 Å². The van der Waals surface area contributed by atoms with E-state index in [1.54, 1.807) is 38.5 Å². The summed E-state index contributed by atoms with van der Waals surface area (Å²) in [5.74, 6) is 2.60. The number of ether oxygens (including phenoxy) is 2. The number of nitrogens with zero attached hydrogens (tertiary/aromatic N) is 1. The van der Waals surface area contributed by atoms with Crippen LogP contribution >= 0.6 is 0 Å². The van der Waals surface area contributed by atoms with Crippen LogP contribution in [0.1, 0.15) is 23.8 Å². The summed E-state index contributed by atoms with van der Waals surface area (Å²) in [6.45, 7) is 0. The SMILES string of the molecule is COC1=CCC(c2cc3c(o2)=C/C(=C(/c2cc4oc(-c5ccc(OC)cc5)cc4[nH]2)C(F)(F)F)N=3)C=C1. The number of H-pyrrole nitrogens is 1. The highest BCUT2D eigenvalue weighted by atomic mass is 19.4. The van der Waals surface area contributed by atoms with Gasteiger partial charge in [0.1, 0.15) is 34.0 Å². The fourth-order valence-electron chi connectivity index (χ4n) is 4.56. The number of fused-ring (bicyclic) bond motifs is 2. The predicted octanol–water partition coefficient (Wildman–Crippen LogP) is 5.99. The molecule has 0 amide bonds. The van der Waals surface area contributed by atoms with Crippen molar-refractivity contribution >= 4 is 22.7 Å². The number of aromatic amines is 1. The molecular formula is C28H21F3N2O4. The molecule has 0 saturated heterocycles. The minimum atomic E-state index is -4.66. The van der Waals surface area contributed by atoms with Gasteiger partial charge in [-0.1, -0.05) is 6.08 Å². The molecule has 1 aromatic carbocycles. The van der Waals surface area contributed by atoms with E-state index in [0.717, 1.165) is 11.3 Å². The van der Waals surface area contributed by atoms with Crippen molar-refractivity contribution in [2.75, 3.05) is 14.2 Å². The highest BCUT2D eigenvalue weighted by Gasteiger charge is 2.39. The molecule has 0 saturated carbocycles. The van der Waals surface area contributed by atoms with Crippen molar-refractivity contribution in [3.05, 3.63) is 94.4 Å². The third-order valence-electron chi connectivity index (χ3n) is 6.42. The van der Waals surface area contributed by atoms with Crippen molar-refractivity contribution in [2.45, 2.75) is 18.5 Å². The largest absolute Gasteiger partial charge is 0.497 e. The van der Waals surface area contributed by atoms with E-state index in [2.05, 4.69) is 9.98 Å². The van der Waals surface area contributed by atoms with Crippen LogP contribution in [0.15, 0.2) is 86.0 Å². The summed E-state index contributed by atoms with van der Waals surface area (Å²) in [5.41, 5.74) is 0.618. The molecule has 1 N–H and O–H groups in total. The van der Waals surface area contributed by atoms with E-state index in [-0.39, 0.29) is 17.3 Å². The van der Waals surface area contributed by atoms with Crippen LogP contribution in [0.5, 0.6) is 5.75 Å². The van der Waals surface area contributed by atoms with E-state index < -0.39 is 11.7 Å². The van der Waals surface area contributed by atoms with Crippen LogP contribution in [0.4, 0.5) is 13.2 Å². The molecule has 3 aromatic heterocycles. The van der Waals surface area contributed by atoms with Gasteiger partial charge in [-0.2, -0.15) is 13.2 Å². The molecule has 4 aromatic rings. The van der Waals surface area contributed by atoms with E-state index in [0.29, 0.717) is 45.6 Å². The number of hydrogen-bond donors (Lipinski definition) is 1. The number of aromatic nitrogens is 1. The fraction of sp³-hybridized carbons (Fsp3) is 0.179. The van der Waals surface area contributed by atoms with Crippen LogP contribution < -0.4 is 15.5 Å². The Morgan fingerprint density at radius 2 is 1.86 bits per heavy atom. The second-order valence-electron chi connectivity index (χ2n) is 8.72. The van der Waals surface area contributed by atoms with Crippen LogP contribution in [0.3, 0.4) is 0 Å². The lowest BCUT2D eigenvalue weighted by Crippen LogP contribution is -2.14. The Morgan fingerprint density at radius 1 is 1.05 bits per heavy atom. The lowest BCUT2D eigenvalue weighted by molar-refractivity contribution is -0.0694. The average Bonchev–Trinajstić information content (AvgIpc) is 3.63. The Hall–Kier alpha value is -4.40. The minimum Gasteiger partial charge on any atom is -0.497 e. The van der Waals surface area contributed by atoms with E-state index in [9.17, 15) is 13.2 Å². The van der Waals surface area contributed by atoms with Gasteiger partial charge in [0, 0.05) is 35.8 Å². The third-order valence-corrected chi connectivity index (χ3v) is 6.42. The van der Waals surface area contributed by atoms with Crippen LogP contribution in [0.25, 0.3) is 34.1 Å². The standard InChI is InChI=1S/C28H21F3N2O4/c1-34-17-7-3-15(4-8-17)23-11-19-25(36-23)13-21(32-19)27(28(29,30)31)22-14-26-20(33-22)12-24(37-26)16-5-9-18(35-2)10-6-16/h3-5,7-14,16,32H,6H2,1-2H3/b27-22+. The molecule has 37 heavy (non-hydrogen) atoms. The highest BCUT2D eigenvalue weighted by molar-refractivity contribution is 5.87. The lowest BCUT2D eigenvalue weighted by Gasteiger charge is -2.13. The van der Waals surface area contributed by atoms with Gasteiger partial charge in [-0.3, -0.25) is 0 Å². The van der Waals surface area contributed by atoms with Gasteiger partial charge in [0.15, 0.2) is 11.0 Å². The summed E-state index contributed by atoms with van der Waals surface area (Å²) < 4.78 is 64.7. The van der Waals surface area contributed by atoms with Crippen LogP contribution in [0.2, 0.25) is 0 Å². The summed E-state index contributed by atoms with van der Waals surface area (Å²) in [4.78, 5) is 7.11. The first-order valence-electron chi connectivity index (χ1n) is 11.5. The summed E-state index contributed by atoms with van der Waals surface area (Å²) in [6.07, 6.45) is 3.07. The van der Waals surface area contributed by atoms with E-state index in [1.165, 1.54) is 12.1 Å². The Labute approximate surface area is 208 Å². The quantitative estimate of drug-likeness (QED) is 0.361. The van der Waals surface area contributed by atoms with Crippen molar-refractivity contribution in [2.24, 2.45) is 4.99 Å². The Morgan fingerprint density at radius 3 is 2.49 bits per heavy atom. The van der Waals surface area contributed by atoms with Crippen molar-refractivity contribution in [3.8, 4) is 17.1 Å². The zero-order valence-electron chi connectivity index (χ0n) is 19.8. The number of allylic oxidation sites excluding steroid dienone is 5. The topological polar surface area (TPSA) is 72.9 Å². The number of halogens is 3. The number of furan rings is 2. The van der Waals surface area contributed by atoms with Crippen molar-refractivity contribution in [3.63, 3.8) is 0 Å². The molecule has 0 radical (unpaired) electrons. The summed E-state index contributed by atoms with van der Waals surface area (Å²) in [5, 5.41) is 0.374. The number of nitrogens with one attached hydrogen (secondary N) is 1. The molecule has 1 aliphatic heterocycles. The number of alkyl halides is 3. The zero-order chi connectivity index (χ0) is 25.7. The fourth-order valence-corrected chi connectivity index (χ4v) is 4.56. The molecule has 0 bridgehead atoms. The summed E-state index contributed by atoms with van der Waals surface area (Å²) in [6, 6.07) is 11.9. The van der Waals surface area contributed by atoms with E-state index in [4.69, 9.17) is 18.3 Å². The van der Waals surface area contributed by atoms with Gasteiger partial charge in [-0.05, 0) is 42.8 Å². The molecule has 9 heteroatoms. The van der Waals surface area contributed by atoms with Crippen LogP contribution in [-0.2, 0) is 4.74 Å². The first-order valence-corrected chi connectivity index (χ1v) is 11.5. The molecule has 188 valence electrons. The Balaban J connectivity index is 1.34. The maximum absolute atomic E-state index is 14.2. The average molecular weight is 506 g/mol. The van der Waals surface area contributed by atoms with Gasteiger partial charge in [-0.15, -0.1) is 0 Å². The lowest BCUT2D eigenvalue weighted by atomic mass is 9.97. The first kappa shape index (κ1) is 23.0. The molecule has 4 heterocycles. The predicted molar refractivity (Wildman–Crippen MR) is 131 cm³/mol. The zero-order valence-corrected chi connectivity index (χ0v) is 19.8. The van der Waals surface area contributed by atoms with Crippen molar-refractivity contribution < 1.29 is 31.5 Å². The first-order chi connectivity index (χ1) is 17.8. The van der Waals surface area contributed by atoms with Gasteiger partial charge >= 0.3 is 6.18 Å². The maximum atomic E-state index is 14.2. The second kappa shape index (κ2) is 8.62. The van der Waals surface area contributed by atoms with Gasteiger partial charge in [-0.25, -0.2) is 4.99 Å². The summed E-state index contributed by atoms with van der Waals surface area (Å²) in [7, 11) is 3.17. The van der Waals surface area contributed by atoms with Crippen LogP contribution in [0, 0.1) is 0 Å². The van der Waals surface area contributed by atoms with Crippen molar-refractivity contribution in [1.82, 2.24) is 4.98 Å². The summed E-state index contributed by atoms with van der Waals surface area (Å²) >= 11 is 0. The molecule has 1 atom stereocenters. The molecule has 2 aliphatic rings. The normalized spacial score (nSPS) is 18.3. The monoisotopic (exact) mass is 506 g/mol. The minimum absolute atomic E-state index is 0.0298. The van der Waals surface area contributed by atoms with Gasteiger partial charge in [0.25, 0.3) is 0 Å². The maximum Gasteiger partial charge on any atom is 0.420 e. The Bertz CT molecular complexity index is 1650. The molecular weight excluding hydrogens is 485 g/mol. The molecule has 0 spiro atoms. The smallest absolute Gasteiger partial charge is 0.420 e.